The zero-order valence-corrected chi connectivity index (χ0v) is 16.5. The van der Waals surface area contributed by atoms with Crippen LogP contribution in [0.2, 0.25) is 0 Å². The topological polar surface area (TPSA) is 58.4 Å². The van der Waals surface area contributed by atoms with Gasteiger partial charge in [0.1, 0.15) is 5.82 Å². The van der Waals surface area contributed by atoms with Gasteiger partial charge in [0.05, 0.1) is 28.2 Å². The first-order chi connectivity index (χ1) is 14.0. The Labute approximate surface area is 170 Å². The normalized spacial score (nSPS) is 11.6. The number of aryl methyl sites for hydroxylation is 1. The smallest absolute Gasteiger partial charge is 0.416 e. The van der Waals surface area contributed by atoms with E-state index >= 15 is 0 Å². The summed E-state index contributed by atoms with van der Waals surface area (Å²) in [4.78, 5) is 13.1. The third-order valence-electron chi connectivity index (χ3n) is 4.61. The van der Waals surface area contributed by atoms with Gasteiger partial charge >= 0.3 is 12.1 Å². The first kappa shape index (κ1) is 21.4. The minimum Gasteiger partial charge on any atom is -0.478 e. The van der Waals surface area contributed by atoms with Crippen molar-refractivity contribution in [3.05, 3.63) is 70.7 Å². The van der Waals surface area contributed by atoms with Gasteiger partial charge in [0.25, 0.3) is 0 Å². The quantitative estimate of drug-likeness (QED) is 0.612. The van der Waals surface area contributed by atoms with E-state index in [9.17, 15) is 27.5 Å². The molecule has 0 atom stereocenters. The number of carboxylic acids is 1. The Hall–Kier alpha value is -3.36. The lowest BCUT2D eigenvalue weighted by Crippen LogP contribution is -2.14. The molecular formula is C21H19F4N3O2. The number of aromatic carboxylic acids is 1. The molecule has 0 saturated heterocycles. The highest BCUT2D eigenvalue weighted by atomic mass is 19.4. The Morgan fingerprint density at radius 1 is 1.13 bits per heavy atom. The lowest BCUT2D eigenvalue weighted by Gasteiger charge is -2.16. The van der Waals surface area contributed by atoms with Gasteiger partial charge in [0, 0.05) is 33.1 Å². The molecule has 0 unspecified atom stereocenters. The summed E-state index contributed by atoms with van der Waals surface area (Å²) in [5.41, 5.74) is 1.56. The maximum Gasteiger partial charge on any atom is 0.416 e. The van der Waals surface area contributed by atoms with Crippen LogP contribution in [-0.2, 0) is 19.6 Å². The number of rotatable bonds is 5. The highest BCUT2D eigenvalue weighted by Gasteiger charge is 2.31. The van der Waals surface area contributed by atoms with Crippen LogP contribution in [0.25, 0.3) is 11.3 Å². The predicted molar refractivity (Wildman–Crippen MR) is 104 cm³/mol. The number of carbonyl (C=O) groups is 1. The van der Waals surface area contributed by atoms with Crippen LogP contribution in [0.15, 0.2) is 42.5 Å². The van der Waals surface area contributed by atoms with E-state index in [0.717, 1.165) is 12.1 Å². The molecule has 0 amide bonds. The van der Waals surface area contributed by atoms with Crippen LogP contribution >= 0.6 is 0 Å². The summed E-state index contributed by atoms with van der Waals surface area (Å²) in [5, 5.41) is 13.7. The third kappa shape index (κ3) is 4.45. The molecule has 0 saturated carbocycles. The van der Waals surface area contributed by atoms with Crippen LogP contribution in [0.5, 0.6) is 0 Å². The molecule has 3 rings (SSSR count). The van der Waals surface area contributed by atoms with Gasteiger partial charge in [-0.1, -0.05) is 6.07 Å². The molecule has 1 N–H and O–H groups in total. The number of anilines is 1. The summed E-state index contributed by atoms with van der Waals surface area (Å²) in [7, 11) is 5.12. The molecule has 0 aliphatic rings. The van der Waals surface area contributed by atoms with Crippen molar-refractivity contribution in [1.29, 1.82) is 0 Å². The number of halogens is 4. The Balaban J connectivity index is 1.96. The van der Waals surface area contributed by atoms with Gasteiger partial charge in [-0.05, 0) is 42.0 Å². The second kappa shape index (κ2) is 7.81. The van der Waals surface area contributed by atoms with E-state index in [-0.39, 0.29) is 17.5 Å². The molecule has 0 bridgehead atoms. The summed E-state index contributed by atoms with van der Waals surface area (Å²) in [6.45, 7) is 0. The molecule has 2 aromatic carbocycles. The second-order valence-corrected chi connectivity index (χ2v) is 7.10. The first-order valence-corrected chi connectivity index (χ1v) is 8.90. The summed E-state index contributed by atoms with van der Waals surface area (Å²) >= 11 is 0. The average Bonchev–Trinajstić information content (AvgIpc) is 2.99. The summed E-state index contributed by atoms with van der Waals surface area (Å²) in [5.74, 6) is -2.02. The molecule has 9 heteroatoms. The van der Waals surface area contributed by atoms with Crippen molar-refractivity contribution in [3.63, 3.8) is 0 Å². The summed E-state index contributed by atoms with van der Waals surface area (Å²) in [6.07, 6.45) is -4.62. The average molecular weight is 421 g/mol. The van der Waals surface area contributed by atoms with E-state index in [1.807, 2.05) is 0 Å². The molecule has 30 heavy (non-hydrogen) atoms. The molecule has 0 aliphatic carbocycles. The van der Waals surface area contributed by atoms with E-state index in [1.54, 1.807) is 48.9 Å². The molecule has 1 aromatic heterocycles. The van der Waals surface area contributed by atoms with Crippen molar-refractivity contribution in [2.24, 2.45) is 7.05 Å². The number of hydrogen-bond donors (Lipinski definition) is 1. The third-order valence-corrected chi connectivity index (χ3v) is 4.61. The van der Waals surface area contributed by atoms with E-state index in [0.29, 0.717) is 28.7 Å². The number of benzene rings is 2. The van der Waals surface area contributed by atoms with Crippen molar-refractivity contribution < 1.29 is 27.5 Å². The van der Waals surface area contributed by atoms with Gasteiger partial charge < -0.3 is 10.0 Å². The minimum absolute atomic E-state index is 0.0163. The molecule has 5 nitrogen and oxygen atoms in total. The monoisotopic (exact) mass is 421 g/mol. The molecule has 0 aliphatic heterocycles. The van der Waals surface area contributed by atoms with Crippen LogP contribution in [0.3, 0.4) is 0 Å². The maximum absolute atomic E-state index is 13.7. The second-order valence-electron chi connectivity index (χ2n) is 7.10. The van der Waals surface area contributed by atoms with E-state index in [4.69, 9.17) is 0 Å². The van der Waals surface area contributed by atoms with Crippen molar-refractivity contribution in [1.82, 2.24) is 9.78 Å². The number of aromatic nitrogens is 2. The fourth-order valence-electron chi connectivity index (χ4n) is 3.25. The zero-order valence-electron chi connectivity index (χ0n) is 16.5. The van der Waals surface area contributed by atoms with Crippen LogP contribution < -0.4 is 4.90 Å². The number of alkyl halides is 3. The van der Waals surface area contributed by atoms with Crippen molar-refractivity contribution >= 4 is 11.7 Å². The SMILES string of the molecule is CN(C)c1cc(-c2cc(Cc3cc(F)cc(C(F)(F)F)c3)nn2C)ccc1C(=O)O. The standard InChI is InChI=1S/C21H19F4N3O2/c1-27(2)19-9-13(4-5-17(19)20(29)30)18-11-16(26-28(18)3)8-12-6-14(21(23,24)25)10-15(22)7-12/h4-7,9-11H,8H2,1-3H3,(H,29,30). The Bertz CT molecular complexity index is 1100. The minimum atomic E-state index is -4.64. The Kier molecular flexibility index (Phi) is 5.56. The van der Waals surface area contributed by atoms with Crippen LogP contribution in [-0.4, -0.2) is 35.0 Å². The molecule has 3 aromatic rings. The molecule has 0 radical (unpaired) electrons. The fourth-order valence-corrected chi connectivity index (χ4v) is 3.25. The van der Waals surface area contributed by atoms with Gasteiger partial charge in [-0.15, -0.1) is 0 Å². The van der Waals surface area contributed by atoms with Crippen molar-refractivity contribution in [2.75, 3.05) is 19.0 Å². The van der Waals surface area contributed by atoms with E-state index in [1.165, 1.54) is 6.07 Å². The summed E-state index contributed by atoms with van der Waals surface area (Å²) in [6, 6.07) is 8.93. The first-order valence-electron chi connectivity index (χ1n) is 8.90. The van der Waals surface area contributed by atoms with E-state index in [2.05, 4.69) is 5.10 Å². The number of nitrogens with zero attached hydrogens (tertiary/aromatic N) is 3. The molecule has 0 fully saturated rings. The number of hydrogen-bond acceptors (Lipinski definition) is 3. The highest BCUT2D eigenvalue weighted by molar-refractivity contribution is 5.95. The van der Waals surface area contributed by atoms with Gasteiger partial charge in [-0.2, -0.15) is 18.3 Å². The van der Waals surface area contributed by atoms with Gasteiger partial charge in [-0.25, -0.2) is 9.18 Å². The lowest BCUT2D eigenvalue weighted by molar-refractivity contribution is -0.137. The Morgan fingerprint density at radius 3 is 2.43 bits per heavy atom. The zero-order chi connectivity index (χ0) is 22.2. The van der Waals surface area contributed by atoms with E-state index < -0.39 is 23.5 Å². The highest BCUT2D eigenvalue weighted by Crippen LogP contribution is 2.32. The maximum atomic E-state index is 13.7. The predicted octanol–water partition coefficient (Wildman–Crippen LogP) is 4.60. The van der Waals surface area contributed by atoms with Crippen LogP contribution in [0.1, 0.15) is 27.2 Å². The largest absolute Gasteiger partial charge is 0.478 e. The summed E-state index contributed by atoms with van der Waals surface area (Å²) < 4.78 is 54.0. The van der Waals surface area contributed by atoms with Crippen LogP contribution in [0, 0.1) is 5.82 Å². The molecular weight excluding hydrogens is 402 g/mol. The van der Waals surface area contributed by atoms with Gasteiger partial charge in [-0.3, -0.25) is 4.68 Å². The van der Waals surface area contributed by atoms with Gasteiger partial charge in [0.2, 0.25) is 0 Å². The van der Waals surface area contributed by atoms with Gasteiger partial charge in [0.15, 0.2) is 0 Å². The Morgan fingerprint density at radius 2 is 1.83 bits per heavy atom. The molecule has 158 valence electrons. The molecule has 0 spiro atoms. The van der Waals surface area contributed by atoms with Crippen molar-refractivity contribution in [2.45, 2.75) is 12.6 Å². The molecule has 1 heterocycles. The number of carboxylic acid groups (broad SMARTS) is 1. The lowest BCUT2D eigenvalue weighted by atomic mass is 10.0. The van der Waals surface area contributed by atoms with Crippen LogP contribution in [0.4, 0.5) is 23.2 Å². The fraction of sp³-hybridized carbons (Fsp3) is 0.238. The van der Waals surface area contributed by atoms with Crippen molar-refractivity contribution in [3.8, 4) is 11.3 Å².